The van der Waals surface area contributed by atoms with Crippen molar-refractivity contribution in [1.29, 1.82) is 0 Å². The maximum atomic E-state index is 10.4. The standard InChI is InChI=1S/C6H10N4O2/c1-7-3-5-6(10(11)12)4-9(2)8-5/h4,7H,3H2,1-2H3. The molecule has 0 saturated carbocycles. The SMILES string of the molecule is CNCc1nn(C)cc1[N+](=O)[O-]. The van der Waals surface area contributed by atoms with Crippen molar-refractivity contribution in [2.24, 2.45) is 7.05 Å². The summed E-state index contributed by atoms with van der Waals surface area (Å²) in [4.78, 5) is 10.0. The summed E-state index contributed by atoms with van der Waals surface area (Å²) in [5.74, 6) is 0. The van der Waals surface area contributed by atoms with E-state index in [0.717, 1.165) is 0 Å². The molecule has 0 atom stereocenters. The van der Waals surface area contributed by atoms with Crippen molar-refractivity contribution in [3.63, 3.8) is 0 Å². The van der Waals surface area contributed by atoms with Crippen LogP contribution in [0.15, 0.2) is 6.20 Å². The minimum Gasteiger partial charge on any atom is -0.314 e. The molecule has 66 valence electrons. The number of nitrogens with one attached hydrogen (secondary N) is 1. The molecule has 1 aromatic heterocycles. The molecular formula is C6H10N4O2. The van der Waals surface area contributed by atoms with Crippen molar-refractivity contribution < 1.29 is 4.92 Å². The molecule has 0 bridgehead atoms. The molecule has 6 nitrogen and oxygen atoms in total. The second-order valence-electron chi connectivity index (χ2n) is 2.42. The van der Waals surface area contributed by atoms with E-state index in [1.165, 1.54) is 10.9 Å². The lowest BCUT2D eigenvalue weighted by atomic mass is 10.4. The fraction of sp³-hybridized carbons (Fsp3) is 0.500. The zero-order valence-corrected chi connectivity index (χ0v) is 6.94. The summed E-state index contributed by atoms with van der Waals surface area (Å²) in [5.41, 5.74) is 0.525. The summed E-state index contributed by atoms with van der Waals surface area (Å²) >= 11 is 0. The first kappa shape index (κ1) is 8.66. The molecule has 0 aromatic carbocycles. The lowest BCUT2D eigenvalue weighted by Gasteiger charge is -1.92. The van der Waals surface area contributed by atoms with Crippen molar-refractivity contribution in [2.75, 3.05) is 7.05 Å². The van der Waals surface area contributed by atoms with E-state index >= 15 is 0 Å². The normalized spacial score (nSPS) is 10.2. The maximum Gasteiger partial charge on any atom is 0.311 e. The van der Waals surface area contributed by atoms with Gasteiger partial charge in [0.05, 0.1) is 4.92 Å². The number of rotatable bonds is 3. The fourth-order valence-electron chi connectivity index (χ4n) is 0.968. The Morgan fingerprint density at radius 1 is 1.83 bits per heavy atom. The Morgan fingerprint density at radius 2 is 2.50 bits per heavy atom. The molecular weight excluding hydrogens is 160 g/mol. The highest BCUT2D eigenvalue weighted by Crippen LogP contribution is 2.14. The molecule has 1 N–H and O–H groups in total. The van der Waals surface area contributed by atoms with Crippen molar-refractivity contribution in [1.82, 2.24) is 15.1 Å². The van der Waals surface area contributed by atoms with Crippen LogP contribution in [0.25, 0.3) is 0 Å². The monoisotopic (exact) mass is 170 g/mol. The summed E-state index contributed by atoms with van der Waals surface area (Å²) in [6.07, 6.45) is 1.40. The van der Waals surface area contributed by atoms with Crippen LogP contribution in [-0.2, 0) is 13.6 Å². The van der Waals surface area contributed by atoms with Gasteiger partial charge in [0.1, 0.15) is 6.20 Å². The highest BCUT2D eigenvalue weighted by molar-refractivity contribution is 5.32. The topological polar surface area (TPSA) is 73.0 Å². The summed E-state index contributed by atoms with van der Waals surface area (Å²) in [5, 5.41) is 17.2. The predicted octanol–water partition coefficient (Wildman–Crippen LogP) is 0.0477. The summed E-state index contributed by atoms with van der Waals surface area (Å²) in [6.45, 7) is 0.414. The molecule has 0 aliphatic rings. The van der Waals surface area contributed by atoms with Gasteiger partial charge in [-0.1, -0.05) is 0 Å². The van der Waals surface area contributed by atoms with Gasteiger partial charge < -0.3 is 5.32 Å². The first-order valence-corrected chi connectivity index (χ1v) is 3.46. The third-order valence-corrected chi connectivity index (χ3v) is 1.42. The molecule has 6 heteroatoms. The quantitative estimate of drug-likeness (QED) is 0.513. The van der Waals surface area contributed by atoms with E-state index in [2.05, 4.69) is 10.4 Å². The molecule has 0 radical (unpaired) electrons. The molecule has 0 fully saturated rings. The Bertz CT molecular complexity index is 294. The van der Waals surface area contributed by atoms with E-state index in [-0.39, 0.29) is 5.69 Å². The van der Waals surface area contributed by atoms with Gasteiger partial charge in [-0.3, -0.25) is 14.8 Å². The minimum atomic E-state index is -0.431. The number of nitrogens with zero attached hydrogens (tertiary/aromatic N) is 3. The van der Waals surface area contributed by atoms with Crippen LogP contribution in [0, 0.1) is 10.1 Å². The first-order valence-electron chi connectivity index (χ1n) is 3.46. The van der Waals surface area contributed by atoms with Crippen molar-refractivity contribution >= 4 is 5.69 Å². The number of nitro groups is 1. The number of hydrogen-bond donors (Lipinski definition) is 1. The third kappa shape index (κ3) is 1.59. The van der Waals surface area contributed by atoms with Gasteiger partial charge in [-0.2, -0.15) is 5.10 Å². The van der Waals surface area contributed by atoms with Crippen molar-refractivity contribution in [3.8, 4) is 0 Å². The maximum absolute atomic E-state index is 10.4. The van der Waals surface area contributed by atoms with Crippen LogP contribution >= 0.6 is 0 Å². The van der Waals surface area contributed by atoms with Crippen LogP contribution < -0.4 is 5.32 Å². The first-order chi connectivity index (χ1) is 5.65. The van der Waals surface area contributed by atoms with Crippen LogP contribution in [0.3, 0.4) is 0 Å². The highest BCUT2D eigenvalue weighted by atomic mass is 16.6. The number of hydrogen-bond acceptors (Lipinski definition) is 4. The van der Waals surface area contributed by atoms with E-state index in [1.807, 2.05) is 0 Å². The van der Waals surface area contributed by atoms with Gasteiger partial charge in [0, 0.05) is 13.6 Å². The molecule has 12 heavy (non-hydrogen) atoms. The summed E-state index contributed by atoms with van der Waals surface area (Å²) < 4.78 is 1.44. The molecule has 0 aliphatic carbocycles. The molecule has 0 saturated heterocycles. The average Bonchev–Trinajstić information content (AvgIpc) is 2.32. The number of aromatic nitrogens is 2. The Hall–Kier alpha value is -1.43. The van der Waals surface area contributed by atoms with Crippen molar-refractivity contribution in [2.45, 2.75) is 6.54 Å². The van der Waals surface area contributed by atoms with E-state index in [0.29, 0.717) is 12.2 Å². The predicted molar refractivity (Wildman–Crippen MR) is 42.6 cm³/mol. The van der Waals surface area contributed by atoms with Gasteiger partial charge in [-0.15, -0.1) is 0 Å². The van der Waals surface area contributed by atoms with Gasteiger partial charge in [-0.05, 0) is 7.05 Å². The Morgan fingerprint density at radius 3 is 3.00 bits per heavy atom. The van der Waals surface area contributed by atoms with E-state index in [1.54, 1.807) is 14.1 Å². The largest absolute Gasteiger partial charge is 0.314 e. The zero-order chi connectivity index (χ0) is 9.14. The molecule has 1 aromatic rings. The summed E-state index contributed by atoms with van der Waals surface area (Å²) in [6, 6.07) is 0. The van der Waals surface area contributed by atoms with Crippen LogP contribution in [0.4, 0.5) is 5.69 Å². The minimum absolute atomic E-state index is 0.0619. The summed E-state index contributed by atoms with van der Waals surface area (Å²) in [7, 11) is 3.38. The van der Waals surface area contributed by atoms with Gasteiger partial charge in [-0.25, -0.2) is 0 Å². The smallest absolute Gasteiger partial charge is 0.311 e. The second-order valence-corrected chi connectivity index (χ2v) is 2.42. The number of aryl methyl sites for hydroxylation is 1. The lowest BCUT2D eigenvalue weighted by Crippen LogP contribution is -2.07. The van der Waals surface area contributed by atoms with E-state index < -0.39 is 4.92 Å². The van der Waals surface area contributed by atoms with Gasteiger partial charge in [0.25, 0.3) is 0 Å². The fourth-order valence-corrected chi connectivity index (χ4v) is 0.968. The van der Waals surface area contributed by atoms with Gasteiger partial charge in [0.2, 0.25) is 0 Å². The van der Waals surface area contributed by atoms with Crippen LogP contribution in [0.1, 0.15) is 5.69 Å². The second kappa shape index (κ2) is 3.31. The van der Waals surface area contributed by atoms with Crippen LogP contribution in [-0.4, -0.2) is 21.8 Å². The van der Waals surface area contributed by atoms with Crippen LogP contribution in [0.2, 0.25) is 0 Å². The Balaban J connectivity index is 2.99. The highest BCUT2D eigenvalue weighted by Gasteiger charge is 2.16. The molecule has 0 spiro atoms. The van der Waals surface area contributed by atoms with Crippen LogP contribution in [0.5, 0.6) is 0 Å². The van der Waals surface area contributed by atoms with E-state index in [9.17, 15) is 10.1 Å². The average molecular weight is 170 g/mol. The van der Waals surface area contributed by atoms with Crippen molar-refractivity contribution in [3.05, 3.63) is 22.0 Å². The molecule has 1 rings (SSSR count). The zero-order valence-electron chi connectivity index (χ0n) is 6.94. The van der Waals surface area contributed by atoms with E-state index in [4.69, 9.17) is 0 Å². The molecule has 0 aliphatic heterocycles. The third-order valence-electron chi connectivity index (χ3n) is 1.42. The molecule has 1 heterocycles. The Labute approximate surface area is 69.3 Å². The Kier molecular flexibility index (Phi) is 2.39. The van der Waals surface area contributed by atoms with Gasteiger partial charge in [0.15, 0.2) is 5.69 Å². The lowest BCUT2D eigenvalue weighted by molar-refractivity contribution is -0.385. The van der Waals surface area contributed by atoms with Gasteiger partial charge >= 0.3 is 5.69 Å². The molecule has 0 unspecified atom stereocenters. The molecule has 0 amide bonds.